The summed E-state index contributed by atoms with van der Waals surface area (Å²) in [6.45, 7) is 0.402. The fourth-order valence-electron chi connectivity index (χ4n) is 0.911. The van der Waals surface area contributed by atoms with E-state index in [0.29, 0.717) is 6.54 Å². The number of rotatable bonds is 5. The zero-order valence-electron chi connectivity index (χ0n) is 7.41. The molecule has 0 aliphatic rings. The van der Waals surface area contributed by atoms with Gasteiger partial charge in [-0.05, 0) is 33.6 Å². The first-order valence-electron chi connectivity index (χ1n) is 3.85. The van der Waals surface area contributed by atoms with Crippen LogP contribution < -0.4 is 5.32 Å². The van der Waals surface area contributed by atoms with E-state index < -0.39 is 12.7 Å². The lowest BCUT2D eigenvalue weighted by molar-refractivity contribution is -0.143. The van der Waals surface area contributed by atoms with Crippen LogP contribution in [0, 0.1) is 0 Å². The monoisotopic (exact) mass is 184 g/mol. The molecule has 0 aliphatic carbocycles. The Kier molecular flexibility index (Phi) is 5.24. The maximum atomic E-state index is 11.8. The summed E-state index contributed by atoms with van der Waals surface area (Å²) < 4.78 is 35.3. The molecule has 0 aromatic rings. The Bertz CT molecular complexity index is 114. The zero-order chi connectivity index (χ0) is 9.61. The summed E-state index contributed by atoms with van der Waals surface area (Å²) in [5.41, 5.74) is 0. The molecule has 0 aromatic heterocycles. The molecule has 0 aromatic carbocycles. The SMILES string of the molecule is CNCCCN(C)CC(F)(F)F. The van der Waals surface area contributed by atoms with Crippen LogP contribution in [0.4, 0.5) is 13.2 Å². The predicted molar refractivity (Wildman–Crippen MR) is 42.1 cm³/mol. The number of hydrogen-bond acceptors (Lipinski definition) is 2. The van der Waals surface area contributed by atoms with Gasteiger partial charge in [0, 0.05) is 0 Å². The zero-order valence-corrected chi connectivity index (χ0v) is 7.41. The van der Waals surface area contributed by atoms with Gasteiger partial charge < -0.3 is 5.32 Å². The van der Waals surface area contributed by atoms with E-state index in [9.17, 15) is 13.2 Å². The molecule has 0 saturated heterocycles. The Balaban J connectivity index is 3.40. The molecular formula is C7H15F3N2. The van der Waals surface area contributed by atoms with E-state index in [4.69, 9.17) is 0 Å². The highest BCUT2D eigenvalue weighted by Crippen LogP contribution is 2.15. The topological polar surface area (TPSA) is 15.3 Å². The second-order valence-corrected chi connectivity index (χ2v) is 2.81. The standard InChI is InChI=1S/C7H15F3N2/c1-11-4-3-5-12(2)6-7(8,9)10/h11H,3-6H2,1-2H3. The van der Waals surface area contributed by atoms with Crippen LogP contribution in [-0.2, 0) is 0 Å². The molecule has 0 fully saturated rings. The summed E-state index contributed by atoms with van der Waals surface area (Å²) in [5, 5.41) is 2.88. The van der Waals surface area contributed by atoms with Gasteiger partial charge in [0.05, 0.1) is 6.54 Å². The van der Waals surface area contributed by atoms with Crippen LogP contribution in [0.3, 0.4) is 0 Å². The molecule has 1 N–H and O–H groups in total. The Hall–Kier alpha value is -0.290. The van der Waals surface area contributed by atoms with Gasteiger partial charge in [-0.15, -0.1) is 0 Å². The molecule has 0 atom stereocenters. The second-order valence-electron chi connectivity index (χ2n) is 2.81. The number of nitrogens with zero attached hydrogens (tertiary/aromatic N) is 1. The maximum absolute atomic E-state index is 11.8. The molecule has 2 nitrogen and oxygen atoms in total. The molecule has 0 rings (SSSR count). The quantitative estimate of drug-likeness (QED) is 0.643. The second kappa shape index (κ2) is 5.37. The smallest absolute Gasteiger partial charge is 0.320 e. The maximum Gasteiger partial charge on any atom is 0.401 e. The molecule has 0 bridgehead atoms. The van der Waals surface area contributed by atoms with Crippen molar-refractivity contribution in [2.24, 2.45) is 0 Å². The molecule has 0 saturated carbocycles. The first-order chi connectivity index (χ1) is 5.45. The molecule has 0 amide bonds. The van der Waals surface area contributed by atoms with Gasteiger partial charge in [-0.25, -0.2) is 0 Å². The van der Waals surface area contributed by atoms with Crippen molar-refractivity contribution in [2.75, 3.05) is 33.7 Å². The lowest BCUT2D eigenvalue weighted by Gasteiger charge is -2.17. The third-order valence-electron chi connectivity index (χ3n) is 1.42. The lowest BCUT2D eigenvalue weighted by Crippen LogP contribution is -2.32. The van der Waals surface area contributed by atoms with Crippen molar-refractivity contribution in [3.63, 3.8) is 0 Å². The fourth-order valence-corrected chi connectivity index (χ4v) is 0.911. The van der Waals surface area contributed by atoms with E-state index in [0.717, 1.165) is 13.0 Å². The van der Waals surface area contributed by atoms with Crippen molar-refractivity contribution in [2.45, 2.75) is 12.6 Å². The van der Waals surface area contributed by atoms with E-state index >= 15 is 0 Å². The first-order valence-corrected chi connectivity index (χ1v) is 3.85. The van der Waals surface area contributed by atoms with E-state index in [-0.39, 0.29) is 0 Å². The third kappa shape index (κ3) is 7.81. The Morgan fingerprint density at radius 3 is 2.33 bits per heavy atom. The van der Waals surface area contributed by atoms with Crippen molar-refractivity contribution < 1.29 is 13.2 Å². The van der Waals surface area contributed by atoms with Crippen LogP contribution in [0.1, 0.15) is 6.42 Å². The number of nitrogens with one attached hydrogen (secondary N) is 1. The van der Waals surface area contributed by atoms with Crippen LogP contribution >= 0.6 is 0 Å². The fraction of sp³-hybridized carbons (Fsp3) is 1.00. The van der Waals surface area contributed by atoms with Crippen molar-refractivity contribution in [1.29, 1.82) is 0 Å². The molecule has 12 heavy (non-hydrogen) atoms. The number of hydrogen-bond donors (Lipinski definition) is 1. The average molecular weight is 184 g/mol. The van der Waals surface area contributed by atoms with Crippen molar-refractivity contribution in [3.8, 4) is 0 Å². The van der Waals surface area contributed by atoms with Crippen molar-refractivity contribution >= 4 is 0 Å². The minimum absolute atomic E-state index is 0.473. The first kappa shape index (κ1) is 11.7. The summed E-state index contributed by atoms with van der Waals surface area (Å²) in [5.74, 6) is 0. The van der Waals surface area contributed by atoms with Crippen molar-refractivity contribution in [1.82, 2.24) is 10.2 Å². The minimum atomic E-state index is -4.08. The predicted octanol–water partition coefficient (Wildman–Crippen LogP) is 1.09. The van der Waals surface area contributed by atoms with Gasteiger partial charge in [0.25, 0.3) is 0 Å². The molecule has 0 spiro atoms. The van der Waals surface area contributed by atoms with Crippen LogP contribution in [0.2, 0.25) is 0 Å². The highest BCUT2D eigenvalue weighted by atomic mass is 19.4. The highest BCUT2D eigenvalue weighted by molar-refractivity contribution is 4.58. The van der Waals surface area contributed by atoms with Gasteiger partial charge in [-0.1, -0.05) is 0 Å². The Labute approximate surface area is 70.7 Å². The summed E-state index contributed by atoms with van der Waals surface area (Å²) in [4.78, 5) is 1.28. The Morgan fingerprint density at radius 1 is 1.33 bits per heavy atom. The van der Waals surface area contributed by atoms with Crippen molar-refractivity contribution in [3.05, 3.63) is 0 Å². The van der Waals surface area contributed by atoms with Gasteiger partial charge in [-0.2, -0.15) is 13.2 Å². The van der Waals surface area contributed by atoms with Crippen LogP contribution in [-0.4, -0.2) is 44.8 Å². The van der Waals surface area contributed by atoms with E-state index in [1.807, 2.05) is 0 Å². The molecular weight excluding hydrogens is 169 g/mol. The van der Waals surface area contributed by atoms with Gasteiger partial charge in [-0.3, -0.25) is 4.90 Å². The number of halogens is 3. The summed E-state index contributed by atoms with van der Waals surface area (Å²) in [6, 6.07) is 0. The van der Waals surface area contributed by atoms with Crippen LogP contribution in [0.5, 0.6) is 0 Å². The molecule has 0 radical (unpaired) electrons. The lowest BCUT2D eigenvalue weighted by atomic mass is 10.4. The summed E-state index contributed by atoms with van der Waals surface area (Å²) in [6.07, 6.45) is -3.34. The highest BCUT2D eigenvalue weighted by Gasteiger charge is 2.28. The molecule has 5 heteroatoms. The van der Waals surface area contributed by atoms with E-state index in [2.05, 4.69) is 5.32 Å². The van der Waals surface area contributed by atoms with Crippen LogP contribution in [0.15, 0.2) is 0 Å². The van der Waals surface area contributed by atoms with E-state index in [1.165, 1.54) is 11.9 Å². The largest absolute Gasteiger partial charge is 0.401 e. The van der Waals surface area contributed by atoms with Gasteiger partial charge in [0.15, 0.2) is 0 Å². The molecule has 0 heterocycles. The average Bonchev–Trinajstić information content (AvgIpc) is 1.84. The van der Waals surface area contributed by atoms with E-state index in [1.54, 1.807) is 7.05 Å². The summed E-state index contributed by atoms with van der Waals surface area (Å²) in [7, 11) is 3.26. The van der Waals surface area contributed by atoms with Gasteiger partial charge in [0.1, 0.15) is 0 Å². The van der Waals surface area contributed by atoms with Gasteiger partial charge in [0.2, 0.25) is 0 Å². The minimum Gasteiger partial charge on any atom is -0.320 e. The third-order valence-corrected chi connectivity index (χ3v) is 1.42. The Morgan fingerprint density at radius 2 is 1.92 bits per heavy atom. The molecule has 74 valence electrons. The molecule has 0 unspecified atom stereocenters. The van der Waals surface area contributed by atoms with Crippen LogP contribution in [0.25, 0.3) is 0 Å². The number of alkyl halides is 3. The normalized spacial score (nSPS) is 12.5. The molecule has 0 aliphatic heterocycles. The van der Waals surface area contributed by atoms with Gasteiger partial charge >= 0.3 is 6.18 Å². The summed E-state index contributed by atoms with van der Waals surface area (Å²) >= 11 is 0.